The van der Waals surface area contributed by atoms with Crippen molar-refractivity contribution >= 4 is 11.0 Å². The van der Waals surface area contributed by atoms with Gasteiger partial charge in [0, 0.05) is 7.11 Å². The lowest BCUT2D eigenvalue weighted by atomic mass is 10.00. The van der Waals surface area contributed by atoms with Crippen LogP contribution in [0.2, 0.25) is 0 Å². The van der Waals surface area contributed by atoms with Crippen molar-refractivity contribution in [2.45, 2.75) is 25.7 Å². The van der Waals surface area contributed by atoms with Gasteiger partial charge in [-0.3, -0.25) is 4.57 Å². The Kier molecular flexibility index (Phi) is 9.25. The third-order valence-corrected chi connectivity index (χ3v) is 5.03. The second-order valence-corrected chi connectivity index (χ2v) is 7.49. The Morgan fingerprint density at radius 2 is 1.62 bits per heavy atom. The maximum atomic E-state index is 10.9. The summed E-state index contributed by atoms with van der Waals surface area (Å²) in [5, 5.41) is 10.9. The van der Waals surface area contributed by atoms with Gasteiger partial charge in [0.05, 0.1) is 50.6 Å². The molecule has 0 saturated carbocycles. The minimum atomic E-state index is -0.859. The van der Waals surface area contributed by atoms with E-state index in [0.717, 1.165) is 16.6 Å². The van der Waals surface area contributed by atoms with Crippen LogP contribution in [0.1, 0.15) is 18.6 Å². The lowest BCUT2D eigenvalue weighted by molar-refractivity contribution is 0.0214. The summed E-state index contributed by atoms with van der Waals surface area (Å²) in [5.74, 6) is 0. The highest BCUT2D eigenvalue weighted by atomic mass is 16.5. The smallest absolute Gasteiger partial charge is 0.298 e. The van der Waals surface area contributed by atoms with Crippen molar-refractivity contribution in [1.29, 1.82) is 0 Å². The molecule has 0 aliphatic carbocycles. The first-order chi connectivity index (χ1) is 15.6. The van der Waals surface area contributed by atoms with Crippen LogP contribution in [-0.4, -0.2) is 60.9 Å². The Labute approximate surface area is 189 Å². The van der Waals surface area contributed by atoms with Gasteiger partial charge in [0.1, 0.15) is 6.10 Å². The van der Waals surface area contributed by atoms with E-state index in [1.54, 1.807) is 7.11 Å². The third kappa shape index (κ3) is 6.40. The lowest BCUT2D eigenvalue weighted by Gasteiger charge is -2.24. The van der Waals surface area contributed by atoms with Gasteiger partial charge in [0.25, 0.3) is 6.01 Å². The summed E-state index contributed by atoms with van der Waals surface area (Å²) < 4.78 is 24.3. The van der Waals surface area contributed by atoms with Gasteiger partial charge >= 0.3 is 0 Å². The molecule has 3 rings (SSSR count). The molecule has 3 aromatic rings. The zero-order valence-corrected chi connectivity index (χ0v) is 18.8. The maximum absolute atomic E-state index is 10.9. The summed E-state index contributed by atoms with van der Waals surface area (Å²) in [6, 6.07) is 17.7. The van der Waals surface area contributed by atoms with Gasteiger partial charge in [-0.15, -0.1) is 0 Å². The fourth-order valence-corrected chi connectivity index (χ4v) is 3.35. The number of ether oxygens (including phenoxy) is 4. The van der Waals surface area contributed by atoms with Crippen LogP contribution in [0.3, 0.4) is 0 Å². The summed E-state index contributed by atoms with van der Waals surface area (Å²) in [6.07, 6.45) is -1.49. The van der Waals surface area contributed by atoms with Crippen LogP contribution in [0.4, 0.5) is 0 Å². The predicted octanol–water partition coefficient (Wildman–Crippen LogP) is 3.77. The first-order valence-electron chi connectivity index (χ1n) is 10.8. The number of benzene rings is 2. The van der Waals surface area contributed by atoms with Gasteiger partial charge in [-0.05, 0) is 30.2 Å². The summed E-state index contributed by atoms with van der Waals surface area (Å²) in [6.45, 7) is 9.03. The topological polar surface area (TPSA) is 75.0 Å². The minimum absolute atomic E-state index is 0.425. The molecular weight excluding hydrogens is 408 g/mol. The fraction of sp³-hybridized carbons (Fsp3) is 0.400. The molecular formula is C25H32N2O5. The molecule has 0 bridgehead atoms. The molecule has 0 fully saturated rings. The van der Waals surface area contributed by atoms with Crippen LogP contribution in [0.15, 0.2) is 66.7 Å². The Morgan fingerprint density at radius 1 is 0.969 bits per heavy atom. The van der Waals surface area contributed by atoms with E-state index in [9.17, 15) is 5.11 Å². The summed E-state index contributed by atoms with van der Waals surface area (Å²) in [4.78, 5) is 4.65. The molecule has 32 heavy (non-hydrogen) atoms. The minimum Gasteiger partial charge on any atom is -0.454 e. The molecule has 2 aromatic carbocycles. The largest absolute Gasteiger partial charge is 0.454 e. The standard InChI is InChI=1S/C25H32N2O5/c1-19(2)24(23(28)20-9-5-4-6-10-20)32-25-26-21-11-7-8-12-22(21)27(25)13-14-30-17-18-31-16-15-29-3/h4-12,23-24,28H,1,13-18H2,2-3H3/t23-,24+/m1/s1. The second kappa shape index (κ2) is 12.4. The number of imidazole rings is 1. The Balaban J connectivity index is 1.70. The molecule has 7 heteroatoms. The lowest BCUT2D eigenvalue weighted by Crippen LogP contribution is -2.28. The number of para-hydroxylation sites is 2. The van der Waals surface area contributed by atoms with Crippen molar-refractivity contribution in [2.75, 3.05) is 40.1 Å². The molecule has 172 valence electrons. The number of hydrogen-bond donors (Lipinski definition) is 1. The zero-order valence-electron chi connectivity index (χ0n) is 18.8. The Bertz CT molecular complexity index is 973. The molecule has 0 amide bonds. The van der Waals surface area contributed by atoms with E-state index < -0.39 is 12.2 Å². The summed E-state index contributed by atoms with van der Waals surface area (Å²) >= 11 is 0. The Hall–Kier alpha value is -2.71. The summed E-state index contributed by atoms with van der Waals surface area (Å²) in [5.41, 5.74) is 3.24. The summed E-state index contributed by atoms with van der Waals surface area (Å²) in [7, 11) is 1.65. The highest BCUT2D eigenvalue weighted by Gasteiger charge is 2.26. The highest BCUT2D eigenvalue weighted by molar-refractivity contribution is 5.76. The number of aliphatic hydroxyl groups excluding tert-OH is 1. The van der Waals surface area contributed by atoms with Gasteiger partial charge < -0.3 is 24.1 Å². The van der Waals surface area contributed by atoms with Crippen molar-refractivity contribution < 1.29 is 24.1 Å². The normalized spacial score (nSPS) is 13.2. The number of aromatic nitrogens is 2. The quantitative estimate of drug-likeness (QED) is 0.304. The van der Waals surface area contributed by atoms with Gasteiger partial charge in [0.2, 0.25) is 0 Å². The van der Waals surface area contributed by atoms with Crippen LogP contribution in [0.5, 0.6) is 6.01 Å². The number of rotatable bonds is 14. The van der Waals surface area contributed by atoms with Gasteiger partial charge in [0.15, 0.2) is 6.10 Å². The monoisotopic (exact) mass is 440 g/mol. The average molecular weight is 441 g/mol. The van der Waals surface area contributed by atoms with Crippen molar-refractivity contribution in [2.24, 2.45) is 0 Å². The van der Waals surface area contributed by atoms with Gasteiger partial charge in [-0.2, -0.15) is 4.98 Å². The zero-order chi connectivity index (χ0) is 22.8. The Morgan fingerprint density at radius 3 is 2.34 bits per heavy atom. The van der Waals surface area contributed by atoms with Crippen LogP contribution in [0, 0.1) is 0 Å². The van der Waals surface area contributed by atoms with Crippen LogP contribution in [-0.2, 0) is 20.8 Å². The first-order valence-corrected chi connectivity index (χ1v) is 10.8. The first kappa shape index (κ1) is 23.9. The average Bonchev–Trinajstić information content (AvgIpc) is 3.16. The molecule has 0 saturated heterocycles. The van der Waals surface area contributed by atoms with E-state index >= 15 is 0 Å². The van der Waals surface area contributed by atoms with Crippen LogP contribution in [0.25, 0.3) is 11.0 Å². The van der Waals surface area contributed by atoms with E-state index in [0.29, 0.717) is 51.2 Å². The predicted molar refractivity (Wildman–Crippen MR) is 124 cm³/mol. The van der Waals surface area contributed by atoms with E-state index in [1.807, 2.05) is 66.1 Å². The molecule has 1 N–H and O–H groups in total. The SMILES string of the molecule is C=C(C)[C@H](Oc1nc2ccccc2n1CCOCCOCCOC)[C@H](O)c1ccccc1. The molecule has 0 spiro atoms. The maximum Gasteiger partial charge on any atom is 0.298 e. The van der Waals surface area contributed by atoms with Crippen molar-refractivity contribution in [3.8, 4) is 6.01 Å². The van der Waals surface area contributed by atoms with E-state index in [-0.39, 0.29) is 0 Å². The molecule has 0 aliphatic rings. The third-order valence-electron chi connectivity index (χ3n) is 5.03. The van der Waals surface area contributed by atoms with Crippen LogP contribution >= 0.6 is 0 Å². The highest BCUT2D eigenvalue weighted by Crippen LogP contribution is 2.28. The molecule has 2 atom stereocenters. The molecule has 1 heterocycles. The molecule has 0 radical (unpaired) electrons. The fourth-order valence-electron chi connectivity index (χ4n) is 3.35. The van der Waals surface area contributed by atoms with Crippen LogP contribution < -0.4 is 4.74 Å². The van der Waals surface area contributed by atoms with Gasteiger partial charge in [-0.25, -0.2) is 0 Å². The number of aliphatic hydroxyl groups is 1. The van der Waals surface area contributed by atoms with E-state index in [2.05, 4.69) is 11.6 Å². The molecule has 0 aliphatic heterocycles. The number of fused-ring (bicyclic) bond motifs is 1. The van der Waals surface area contributed by atoms with Gasteiger partial charge in [-0.1, -0.05) is 49.0 Å². The van der Waals surface area contributed by atoms with Crippen molar-refractivity contribution in [3.63, 3.8) is 0 Å². The molecule has 0 unspecified atom stereocenters. The second-order valence-electron chi connectivity index (χ2n) is 7.49. The molecule has 7 nitrogen and oxygen atoms in total. The van der Waals surface area contributed by atoms with Crippen molar-refractivity contribution in [3.05, 3.63) is 72.3 Å². The van der Waals surface area contributed by atoms with E-state index in [4.69, 9.17) is 18.9 Å². The van der Waals surface area contributed by atoms with E-state index in [1.165, 1.54) is 0 Å². The number of hydrogen-bond acceptors (Lipinski definition) is 6. The number of nitrogens with zero attached hydrogens (tertiary/aromatic N) is 2. The number of methoxy groups -OCH3 is 1. The molecule has 1 aromatic heterocycles. The van der Waals surface area contributed by atoms with Crippen molar-refractivity contribution in [1.82, 2.24) is 9.55 Å².